The summed E-state index contributed by atoms with van der Waals surface area (Å²) in [5.74, 6) is -0.416. The zero-order chi connectivity index (χ0) is 18.2. The second kappa shape index (κ2) is 8.50. The van der Waals surface area contributed by atoms with E-state index in [4.69, 9.17) is 14.7 Å². The first-order valence-corrected chi connectivity index (χ1v) is 7.64. The van der Waals surface area contributed by atoms with E-state index >= 15 is 0 Å². The van der Waals surface area contributed by atoms with Gasteiger partial charge in [0, 0.05) is 5.56 Å². The van der Waals surface area contributed by atoms with Crippen molar-refractivity contribution in [3.05, 3.63) is 65.2 Å². The number of nitriles is 1. The van der Waals surface area contributed by atoms with Gasteiger partial charge in [-0.3, -0.25) is 4.79 Å². The van der Waals surface area contributed by atoms with E-state index < -0.39 is 18.5 Å². The van der Waals surface area contributed by atoms with Gasteiger partial charge in [0.1, 0.15) is 5.75 Å². The van der Waals surface area contributed by atoms with Crippen molar-refractivity contribution in [2.24, 2.45) is 0 Å². The second-order valence-electron chi connectivity index (χ2n) is 5.30. The van der Waals surface area contributed by atoms with Crippen molar-refractivity contribution in [1.82, 2.24) is 5.32 Å². The van der Waals surface area contributed by atoms with Crippen LogP contribution in [-0.4, -0.2) is 25.6 Å². The maximum atomic E-state index is 12.0. The van der Waals surface area contributed by atoms with E-state index in [-0.39, 0.29) is 11.6 Å². The summed E-state index contributed by atoms with van der Waals surface area (Å²) in [5.41, 5.74) is 1.40. The van der Waals surface area contributed by atoms with E-state index in [0.717, 1.165) is 5.56 Å². The number of esters is 1. The van der Waals surface area contributed by atoms with Crippen LogP contribution in [0.5, 0.6) is 5.75 Å². The van der Waals surface area contributed by atoms with Crippen LogP contribution >= 0.6 is 0 Å². The van der Waals surface area contributed by atoms with Crippen molar-refractivity contribution in [2.45, 2.75) is 13.0 Å². The molecule has 0 fully saturated rings. The first-order valence-electron chi connectivity index (χ1n) is 7.64. The maximum Gasteiger partial charge on any atom is 0.338 e. The summed E-state index contributed by atoms with van der Waals surface area (Å²) >= 11 is 0. The molecule has 1 atom stereocenters. The predicted octanol–water partition coefficient (Wildman–Crippen LogP) is 2.60. The molecule has 2 rings (SSSR count). The number of rotatable bonds is 6. The van der Waals surface area contributed by atoms with E-state index in [9.17, 15) is 9.59 Å². The third kappa shape index (κ3) is 4.82. The highest BCUT2D eigenvalue weighted by molar-refractivity contribution is 5.91. The van der Waals surface area contributed by atoms with Crippen molar-refractivity contribution in [3.8, 4) is 11.8 Å². The van der Waals surface area contributed by atoms with Crippen LogP contribution in [0.4, 0.5) is 0 Å². The lowest BCUT2D eigenvalue weighted by molar-refractivity contribution is -0.124. The summed E-state index contributed by atoms with van der Waals surface area (Å²) in [5, 5.41) is 11.6. The van der Waals surface area contributed by atoms with Gasteiger partial charge < -0.3 is 14.8 Å². The van der Waals surface area contributed by atoms with Gasteiger partial charge >= 0.3 is 5.97 Å². The standard InChI is InChI=1S/C19H18N2O4/c1-13(16-8-3-4-9-17(16)24-2)21-18(22)12-25-19(23)15-7-5-6-14(10-15)11-20/h3-10,13H,12H2,1-2H3,(H,21,22). The summed E-state index contributed by atoms with van der Waals surface area (Å²) in [7, 11) is 1.56. The molecule has 6 nitrogen and oxygen atoms in total. The maximum absolute atomic E-state index is 12.0. The number of nitrogens with zero attached hydrogens (tertiary/aromatic N) is 1. The Morgan fingerprint density at radius 3 is 2.68 bits per heavy atom. The van der Waals surface area contributed by atoms with Crippen LogP contribution in [0.3, 0.4) is 0 Å². The summed E-state index contributed by atoms with van der Waals surface area (Å²) in [4.78, 5) is 23.9. The third-order valence-electron chi connectivity index (χ3n) is 3.54. The number of carbonyl (C=O) groups is 2. The molecule has 0 spiro atoms. The fourth-order valence-corrected chi connectivity index (χ4v) is 2.32. The Balaban J connectivity index is 1.92. The van der Waals surface area contributed by atoms with Crippen LogP contribution in [0, 0.1) is 11.3 Å². The molecule has 6 heteroatoms. The molecular formula is C19H18N2O4. The van der Waals surface area contributed by atoms with Gasteiger partial charge in [0.2, 0.25) is 0 Å². The van der Waals surface area contributed by atoms with Crippen LogP contribution in [0.25, 0.3) is 0 Å². The normalized spacial score (nSPS) is 11.1. The molecule has 0 aliphatic heterocycles. The van der Waals surface area contributed by atoms with E-state index in [0.29, 0.717) is 11.3 Å². The van der Waals surface area contributed by atoms with E-state index in [2.05, 4.69) is 5.32 Å². The Kier molecular flexibility index (Phi) is 6.13. The number of ether oxygens (including phenoxy) is 2. The van der Waals surface area contributed by atoms with Crippen LogP contribution in [0.1, 0.15) is 34.5 Å². The molecule has 128 valence electrons. The lowest BCUT2D eigenvalue weighted by Gasteiger charge is -2.17. The first kappa shape index (κ1) is 18.0. The van der Waals surface area contributed by atoms with Crippen LogP contribution < -0.4 is 10.1 Å². The Hall–Kier alpha value is -3.33. The van der Waals surface area contributed by atoms with Crippen molar-refractivity contribution in [2.75, 3.05) is 13.7 Å². The molecule has 25 heavy (non-hydrogen) atoms. The number of carbonyl (C=O) groups excluding carboxylic acids is 2. The quantitative estimate of drug-likeness (QED) is 0.818. The Morgan fingerprint density at radius 1 is 1.20 bits per heavy atom. The Bertz CT molecular complexity index is 811. The zero-order valence-corrected chi connectivity index (χ0v) is 14.0. The molecule has 0 aliphatic rings. The molecule has 0 bridgehead atoms. The summed E-state index contributed by atoms with van der Waals surface area (Å²) < 4.78 is 10.3. The van der Waals surface area contributed by atoms with Crippen molar-refractivity contribution in [1.29, 1.82) is 5.26 Å². The van der Waals surface area contributed by atoms with Gasteiger partial charge in [-0.05, 0) is 31.2 Å². The second-order valence-corrected chi connectivity index (χ2v) is 5.30. The number of benzene rings is 2. The molecule has 0 saturated heterocycles. The number of para-hydroxylation sites is 1. The lowest BCUT2D eigenvalue weighted by atomic mass is 10.1. The SMILES string of the molecule is COc1ccccc1C(C)NC(=O)COC(=O)c1cccc(C#N)c1. The highest BCUT2D eigenvalue weighted by Crippen LogP contribution is 2.24. The fraction of sp³-hybridized carbons (Fsp3) is 0.211. The molecule has 1 amide bonds. The monoisotopic (exact) mass is 338 g/mol. The topological polar surface area (TPSA) is 88.4 Å². The molecular weight excluding hydrogens is 320 g/mol. The van der Waals surface area contributed by atoms with Crippen molar-refractivity contribution in [3.63, 3.8) is 0 Å². The van der Waals surface area contributed by atoms with Crippen LogP contribution in [0.15, 0.2) is 48.5 Å². The fourth-order valence-electron chi connectivity index (χ4n) is 2.32. The average molecular weight is 338 g/mol. The smallest absolute Gasteiger partial charge is 0.338 e. The molecule has 0 aromatic heterocycles. The zero-order valence-electron chi connectivity index (χ0n) is 14.0. The molecule has 0 aliphatic carbocycles. The van der Waals surface area contributed by atoms with Gasteiger partial charge in [0.25, 0.3) is 5.91 Å². The Labute approximate surface area is 146 Å². The molecule has 0 heterocycles. The van der Waals surface area contributed by atoms with Gasteiger partial charge in [-0.2, -0.15) is 5.26 Å². The van der Waals surface area contributed by atoms with Crippen molar-refractivity contribution >= 4 is 11.9 Å². The number of methoxy groups -OCH3 is 1. The largest absolute Gasteiger partial charge is 0.496 e. The van der Waals surface area contributed by atoms with Gasteiger partial charge in [-0.25, -0.2) is 4.79 Å². The average Bonchev–Trinajstić information content (AvgIpc) is 2.65. The lowest BCUT2D eigenvalue weighted by Crippen LogP contribution is -2.31. The molecule has 2 aromatic rings. The van der Waals surface area contributed by atoms with E-state index in [1.807, 2.05) is 31.2 Å². The summed E-state index contributed by atoms with van der Waals surface area (Å²) in [6.45, 7) is 1.41. The van der Waals surface area contributed by atoms with Gasteiger partial charge in [-0.15, -0.1) is 0 Å². The van der Waals surface area contributed by atoms with Gasteiger partial charge in [-0.1, -0.05) is 24.3 Å². The molecule has 2 aromatic carbocycles. The predicted molar refractivity (Wildman–Crippen MR) is 91.0 cm³/mol. The highest BCUT2D eigenvalue weighted by atomic mass is 16.5. The van der Waals surface area contributed by atoms with E-state index in [1.54, 1.807) is 25.3 Å². The highest BCUT2D eigenvalue weighted by Gasteiger charge is 2.15. The number of amides is 1. The minimum absolute atomic E-state index is 0.227. The molecule has 1 N–H and O–H groups in total. The summed E-state index contributed by atoms with van der Waals surface area (Å²) in [6, 6.07) is 15.1. The number of hydrogen-bond acceptors (Lipinski definition) is 5. The minimum atomic E-state index is -0.655. The molecule has 0 saturated carbocycles. The first-order chi connectivity index (χ1) is 12.0. The number of nitrogens with one attached hydrogen (secondary N) is 1. The van der Waals surface area contributed by atoms with Crippen molar-refractivity contribution < 1.29 is 19.1 Å². The Morgan fingerprint density at radius 2 is 1.96 bits per heavy atom. The van der Waals surface area contributed by atoms with Gasteiger partial charge in [0.15, 0.2) is 6.61 Å². The summed E-state index contributed by atoms with van der Waals surface area (Å²) in [6.07, 6.45) is 0. The van der Waals surface area contributed by atoms with Crippen LogP contribution in [-0.2, 0) is 9.53 Å². The van der Waals surface area contributed by atoms with E-state index in [1.165, 1.54) is 12.1 Å². The van der Waals surface area contributed by atoms with Crippen LogP contribution in [0.2, 0.25) is 0 Å². The van der Waals surface area contributed by atoms with Gasteiger partial charge in [0.05, 0.1) is 30.3 Å². The third-order valence-corrected chi connectivity index (χ3v) is 3.54. The minimum Gasteiger partial charge on any atom is -0.496 e. The molecule has 1 unspecified atom stereocenters. The number of hydrogen-bond donors (Lipinski definition) is 1. The molecule has 0 radical (unpaired) electrons.